The van der Waals surface area contributed by atoms with Gasteiger partial charge in [-0.1, -0.05) is 12.1 Å². The van der Waals surface area contributed by atoms with Crippen molar-refractivity contribution in [1.82, 2.24) is 4.98 Å². The molecule has 0 amide bonds. The molecule has 0 saturated carbocycles. The van der Waals surface area contributed by atoms with Crippen LogP contribution < -0.4 is 4.74 Å². The summed E-state index contributed by atoms with van der Waals surface area (Å²) in [5.74, 6) is 0.981. The first-order valence-corrected chi connectivity index (χ1v) is 4.58. The molecule has 1 aromatic carbocycles. The third-order valence-corrected chi connectivity index (χ3v) is 2.18. The number of benzene rings is 1. The molecule has 0 atom stereocenters. The average molecular weight is 201 g/mol. The smallest absolute Gasteiger partial charge is 0.144 e. The predicted molar refractivity (Wildman–Crippen MR) is 57.9 cm³/mol. The zero-order valence-electron chi connectivity index (χ0n) is 8.34. The monoisotopic (exact) mass is 201 g/mol. The highest BCUT2D eigenvalue weighted by atomic mass is 16.5. The minimum absolute atomic E-state index is 0.256. The quantitative estimate of drug-likeness (QED) is 0.811. The number of pyridine rings is 1. The van der Waals surface area contributed by atoms with Gasteiger partial charge >= 0.3 is 0 Å². The average Bonchev–Trinajstić information content (AvgIpc) is 2.30. The van der Waals surface area contributed by atoms with E-state index in [1.165, 1.54) is 0 Å². The van der Waals surface area contributed by atoms with E-state index in [2.05, 4.69) is 4.98 Å². The van der Waals surface area contributed by atoms with Crippen molar-refractivity contribution in [3.8, 4) is 22.6 Å². The van der Waals surface area contributed by atoms with Crippen molar-refractivity contribution in [3.05, 3.63) is 42.7 Å². The Labute approximate surface area is 88.0 Å². The Bertz CT molecular complexity index is 451. The molecule has 2 rings (SSSR count). The number of ether oxygens (including phenoxy) is 1. The van der Waals surface area contributed by atoms with E-state index in [9.17, 15) is 5.11 Å². The largest absolute Gasteiger partial charge is 0.508 e. The summed E-state index contributed by atoms with van der Waals surface area (Å²) in [5.41, 5.74) is 1.96. The van der Waals surface area contributed by atoms with Gasteiger partial charge in [0.2, 0.25) is 0 Å². The highest BCUT2D eigenvalue weighted by Gasteiger charge is 2.04. The molecule has 1 N–H and O–H groups in total. The number of hydrogen-bond donors (Lipinski definition) is 1. The van der Waals surface area contributed by atoms with Crippen molar-refractivity contribution in [2.75, 3.05) is 7.11 Å². The molecule has 2 aromatic rings. The van der Waals surface area contributed by atoms with Gasteiger partial charge in [-0.3, -0.25) is 4.98 Å². The zero-order chi connectivity index (χ0) is 10.7. The lowest BCUT2D eigenvalue weighted by atomic mass is 10.1. The van der Waals surface area contributed by atoms with Crippen LogP contribution in [0, 0.1) is 0 Å². The summed E-state index contributed by atoms with van der Waals surface area (Å²) in [6.45, 7) is 0. The number of aromatic hydroxyl groups is 1. The predicted octanol–water partition coefficient (Wildman–Crippen LogP) is 2.46. The standard InChI is InChI=1S/C12H11NO2/c1-15-12-8-13-7-6-11(12)9-2-4-10(14)5-3-9/h2-8,14H,1H3. The van der Waals surface area contributed by atoms with Crippen molar-refractivity contribution in [2.45, 2.75) is 0 Å². The number of methoxy groups -OCH3 is 1. The fourth-order valence-electron chi connectivity index (χ4n) is 1.42. The summed E-state index contributed by atoms with van der Waals surface area (Å²) < 4.78 is 5.20. The molecule has 0 spiro atoms. The van der Waals surface area contributed by atoms with E-state index in [1.807, 2.05) is 18.2 Å². The lowest BCUT2D eigenvalue weighted by Crippen LogP contribution is -1.88. The van der Waals surface area contributed by atoms with Gasteiger partial charge < -0.3 is 9.84 Å². The van der Waals surface area contributed by atoms with Crippen molar-refractivity contribution >= 4 is 0 Å². The number of phenolic OH excluding ortho intramolecular Hbond substituents is 1. The van der Waals surface area contributed by atoms with Gasteiger partial charge in [-0.2, -0.15) is 0 Å². The van der Waals surface area contributed by atoms with Crippen LogP contribution in [-0.2, 0) is 0 Å². The lowest BCUT2D eigenvalue weighted by molar-refractivity contribution is 0.414. The number of nitrogens with zero attached hydrogens (tertiary/aromatic N) is 1. The second-order valence-electron chi connectivity index (χ2n) is 3.12. The van der Waals surface area contributed by atoms with Crippen LogP contribution in [0.15, 0.2) is 42.7 Å². The topological polar surface area (TPSA) is 42.4 Å². The fraction of sp³-hybridized carbons (Fsp3) is 0.0833. The van der Waals surface area contributed by atoms with E-state index in [-0.39, 0.29) is 5.75 Å². The Morgan fingerprint density at radius 2 is 1.87 bits per heavy atom. The molecule has 0 radical (unpaired) electrons. The van der Waals surface area contributed by atoms with Crippen LogP contribution in [-0.4, -0.2) is 17.2 Å². The molecule has 0 aliphatic rings. The molecule has 15 heavy (non-hydrogen) atoms. The number of hydrogen-bond acceptors (Lipinski definition) is 3. The SMILES string of the molecule is COc1cnccc1-c1ccc(O)cc1. The van der Waals surface area contributed by atoms with Crippen LogP contribution in [0.25, 0.3) is 11.1 Å². The Kier molecular flexibility index (Phi) is 2.54. The zero-order valence-corrected chi connectivity index (χ0v) is 8.34. The Balaban J connectivity index is 2.49. The van der Waals surface area contributed by atoms with E-state index in [0.29, 0.717) is 0 Å². The number of rotatable bonds is 2. The molecule has 76 valence electrons. The van der Waals surface area contributed by atoms with Crippen LogP contribution in [0.4, 0.5) is 0 Å². The van der Waals surface area contributed by atoms with Gasteiger partial charge in [-0.25, -0.2) is 0 Å². The Morgan fingerprint density at radius 3 is 2.53 bits per heavy atom. The minimum atomic E-state index is 0.256. The van der Waals surface area contributed by atoms with Crippen LogP contribution in [0.2, 0.25) is 0 Å². The highest BCUT2D eigenvalue weighted by molar-refractivity contribution is 5.70. The molecule has 0 saturated heterocycles. The molecule has 3 nitrogen and oxygen atoms in total. The second kappa shape index (κ2) is 4.00. The first-order chi connectivity index (χ1) is 7.31. The molecule has 1 heterocycles. The van der Waals surface area contributed by atoms with Gasteiger partial charge in [0.1, 0.15) is 11.5 Å². The minimum Gasteiger partial charge on any atom is -0.508 e. The van der Waals surface area contributed by atoms with Gasteiger partial charge in [0.25, 0.3) is 0 Å². The first-order valence-electron chi connectivity index (χ1n) is 4.58. The van der Waals surface area contributed by atoms with Gasteiger partial charge in [0.05, 0.1) is 13.3 Å². The maximum absolute atomic E-state index is 9.19. The van der Waals surface area contributed by atoms with E-state index in [4.69, 9.17) is 4.74 Å². The maximum atomic E-state index is 9.19. The van der Waals surface area contributed by atoms with Gasteiger partial charge in [-0.05, 0) is 23.8 Å². The van der Waals surface area contributed by atoms with E-state index in [0.717, 1.165) is 16.9 Å². The molecule has 0 unspecified atom stereocenters. The molecule has 0 fully saturated rings. The highest BCUT2D eigenvalue weighted by Crippen LogP contribution is 2.29. The van der Waals surface area contributed by atoms with Gasteiger partial charge in [0, 0.05) is 11.8 Å². The van der Waals surface area contributed by atoms with E-state index >= 15 is 0 Å². The normalized spacial score (nSPS) is 9.93. The van der Waals surface area contributed by atoms with Crippen molar-refractivity contribution < 1.29 is 9.84 Å². The number of aromatic nitrogens is 1. The van der Waals surface area contributed by atoms with Crippen LogP contribution in [0.1, 0.15) is 0 Å². The summed E-state index contributed by atoms with van der Waals surface area (Å²) in [5, 5.41) is 9.19. The second-order valence-corrected chi connectivity index (χ2v) is 3.12. The first kappa shape index (κ1) is 9.52. The fourth-order valence-corrected chi connectivity index (χ4v) is 1.42. The summed E-state index contributed by atoms with van der Waals surface area (Å²) >= 11 is 0. The Morgan fingerprint density at radius 1 is 1.13 bits per heavy atom. The molecular weight excluding hydrogens is 190 g/mol. The molecular formula is C12H11NO2. The van der Waals surface area contributed by atoms with Gasteiger partial charge in [-0.15, -0.1) is 0 Å². The van der Waals surface area contributed by atoms with Crippen LogP contribution >= 0.6 is 0 Å². The summed E-state index contributed by atoms with van der Waals surface area (Å²) in [6, 6.07) is 8.86. The molecule has 1 aromatic heterocycles. The van der Waals surface area contributed by atoms with E-state index < -0.39 is 0 Å². The Hall–Kier alpha value is -2.03. The molecule has 0 bridgehead atoms. The lowest BCUT2D eigenvalue weighted by Gasteiger charge is -2.07. The van der Waals surface area contributed by atoms with Gasteiger partial charge in [0.15, 0.2) is 0 Å². The maximum Gasteiger partial charge on any atom is 0.144 e. The van der Waals surface area contributed by atoms with Crippen LogP contribution in [0.3, 0.4) is 0 Å². The van der Waals surface area contributed by atoms with Crippen molar-refractivity contribution in [2.24, 2.45) is 0 Å². The van der Waals surface area contributed by atoms with Crippen LogP contribution in [0.5, 0.6) is 11.5 Å². The molecule has 0 aliphatic heterocycles. The third-order valence-electron chi connectivity index (χ3n) is 2.18. The van der Waals surface area contributed by atoms with Crippen molar-refractivity contribution in [1.29, 1.82) is 0 Å². The third kappa shape index (κ3) is 1.91. The number of phenols is 1. The summed E-state index contributed by atoms with van der Waals surface area (Å²) in [6.07, 6.45) is 3.38. The molecule has 0 aliphatic carbocycles. The summed E-state index contributed by atoms with van der Waals surface area (Å²) in [7, 11) is 1.61. The van der Waals surface area contributed by atoms with Crippen molar-refractivity contribution in [3.63, 3.8) is 0 Å². The summed E-state index contributed by atoms with van der Waals surface area (Å²) in [4.78, 5) is 3.98. The van der Waals surface area contributed by atoms with E-state index in [1.54, 1.807) is 31.6 Å². The molecule has 3 heteroatoms.